The van der Waals surface area contributed by atoms with Crippen molar-refractivity contribution in [1.29, 1.82) is 0 Å². The summed E-state index contributed by atoms with van der Waals surface area (Å²) in [6.07, 6.45) is 0.889. The van der Waals surface area contributed by atoms with Crippen molar-refractivity contribution in [3.05, 3.63) is 47.8 Å². The van der Waals surface area contributed by atoms with Gasteiger partial charge in [-0.1, -0.05) is 18.2 Å². The van der Waals surface area contributed by atoms with Crippen molar-refractivity contribution in [2.24, 2.45) is 0 Å². The number of fused-ring (bicyclic) bond motifs is 1. The van der Waals surface area contributed by atoms with Gasteiger partial charge in [0.1, 0.15) is 11.6 Å². The lowest BCUT2D eigenvalue weighted by Crippen LogP contribution is -1.92. The van der Waals surface area contributed by atoms with Crippen LogP contribution < -0.4 is 10.5 Å². The molecule has 0 atom stereocenters. The molecular weight excluding hydrogens is 217 g/mol. The minimum atomic E-state index is -0.311. The molecule has 17 heavy (non-hydrogen) atoms. The van der Waals surface area contributed by atoms with Gasteiger partial charge < -0.3 is 10.5 Å². The number of ether oxygens (including phenoxy) is 1. The third-order valence-corrected chi connectivity index (χ3v) is 3.00. The number of halogens is 1. The molecule has 1 aliphatic rings. The number of nitrogen functional groups attached to an aromatic ring is 1. The van der Waals surface area contributed by atoms with Gasteiger partial charge in [-0.05, 0) is 23.8 Å². The Morgan fingerprint density at radius 2 is 2.00 bits per heavy atom. The zero-order chi connectivity index (χ0) is 11.8. The number of anilines is 1. The lowest BCUT2D eigenvalue weighted by atomic mass is 10.0. The minimum absolute atomic E-state index is 0.311. The van der Waals surface area contributed by atoms with Gasteiger partial charge in [0.2, 0.25) is 0 Å². The van der Waals surface area contributed by atoms with Gasteiger partial charge >= 0.3 is 0 Å². The highest BCUT2D eigenvalue weighted by Crippen LogP contribution is 2.38. The summed E-state index contributed by atoms with van der Waals surface area (Å²) in [5.74, 6) is 0.491. The summed E-state index contributed by atoms with van der Waals surface area (Å²) in [5.41, 5.74) is 8.46. The van der Waals surface area contributed by atoms with Crippen LogP contribution in [0.4, 0.5) is 10.1 Å². The van der Waals surface area contributed by atoms with E-state index in [-0.39, 0.29) is 5.82 Å². The third kappa shape index (κ3) is 1.64. The van der Waals surface area contributed by atoms with E-state index < -0.39 is 0 Å². The van der Waals surface area contributed by atoms with Crippen molar-refractivity contribution in [2.45, 2.75) is 6.42 Å². The molecule has 0 aromatic heterocycles. The van der Waals surface area contributed by atoms with Gasteiger partial charge in [-0.3, -0.25) is 0 Å². The molecule has 1 aliphatic heterocycles. The number of hydrogen-bond acceptors (Lipinski definition) is 2. The molecule has 3 heteroatoms. The predicted molar refractivity (Wildman–Crippen MR) is 65.4 cm³/mol. The Morgan fingerprint density at radius 1 is 1.12 bits per heavy atom. The fourth-order valence-corrected chi connectivity index (χ4v) is 2.18. The Bertz CT molecular complexity index is 580. The lowest BCUT2D eigenvalue weighted by Gasteiger charge is -2.09. The van der Waals surface area contributed by atoms with Crippen LogP contribution in [-0.2, 0) is 6.42 Å². The molecule has 2 aromatic carbocycles. The van der Waals surface area contributed by atoms with Crippen LogP contribution in [0.3, 0.4) is 0 Å². The highest BCUT2D eigenvalue weighted by molar-refractivity contribution is 5.74. The molecule has 0 aliphatic carbocycles. The highest BCUT2D eigenvalue weighted by Gasteiger charge is 2.18. The number of benzene rings is 2. The average Bonchev–Trinajstić information content (AvgIpc) is 2.77. The molecule has 0 amide bonds. The molecular formula is C14H12FNO. The fraction of sp³-hybridized carbons (Fsp3) is 0.143. The van der Waals surface area contributed by atoms with Crippen LogP contribution >= 0.6 is 0 Å². The standard InChI is InChI=1S/C14H12FNO/c15-13-8-10(16)4-5-11(13)12-3-1-2-9-6-7-17-14(9)12/h1-5,8H,6-7,16H2. The first kappa shape index (κ1) is 10.1. The van der Waals surface area contributed by atoms with E-state index in [1.54, 1.807) is 12.1 Å². The first-order chi connectivity index (χ1) is 8.25. The zero-order valence-electron chi connectivity index (χ0n) is 9.24. The summed E-state index contributed by atoms with van der Waals surface area (Å²) in [5, 5.41) is 0. The molecule has 1 heterocycles. The topological polar surface area (TPSA) is 35.2 Å². The normalized spacial score (nSPS) is 13.2. The fourth-order valence-electron chi connectivity index (χ4n) is 2.18. The molecule has 0 radical (unpaired) electrons. The summed E-state index contributed by atoms with van der Waals surface area (Å²) < 4.78 is 19.4. The van der Waals surface area contributed by atoms with Crippen LogP contribution in [0, 0.1) is 5.82 Å². The van der Waals surface area contributed by atoms with Gasteiger partial charge in [-0.2, -0.15) is 0 Å². The molecule has 0 saturated heterocycles. The number of nitrogens with two attached hydrogens (primary N) is 1. The highest BCUT2D eigenvalue weighted by atomic mass is 19.1. The molecule has 0 spiro atoms. The van der Waals surface area contributed by atoms with Gasteiger partial charge in [0.25, 0.3) is 0 Å². The van der Waals surface area contributed by atoms with E-state index in [0.29, 0.717) is 17.9 Å². The zero-order valence-corrected chi connectivity index (χ0v) is 9.24. The molecule has 0 bridgehead atoms. The van der Waals surface area contributed by atoms with E-state index >= 15 is 0 Å². The van der Waals surface area contributed by atoms with Crippen molar-refractivity contribution >= 4 is 5.69 Å². The quantitative estimate of drug-likeness (QED) is 0.763. The van der Waals surface area contributed by atoms with Crippen molar-refractivity contribution in [3.63, 3.8) is 0 Å². The minimum Gasteiger partial charge on any atom is -0.492 e. The second-order valence-corrected chi connectivity index (χ2v) is 4.13. The predicted octanol–water partition coefficient (Wildman–Crippen LogP) is 3.01. The number of rotatable bonds is 1. The summed E-state index contributed by atoms with van der Waals surface area (Å²) in [7, 11) is 0. The molecule has 2 nitrogen and oxygen atoms in total. The van der Waals surface area contributed by atoms with Crippen molar-refractivity contribution in [2.75, 3.05) is 12.3 Å². The van der Waals surface area contributed by atoms with E-state index in [2.05, 4.69) is 0 Å². The Hall–Kier alpha value is -2.03. The van der Waals surface area contributed by atoms with Crippen molar-refractivity contribution in [3.8, 4) is 16.9 Å². The second-order valence-electron chi connectivity index (χ2n) is 4.13. The van der Waals surface area contributed by atoms with E-state index in [1.165, 1.54) is 6.07 Å². The molecule has 0 saturated carbocycles. The third-order valence-electron chi connectivity index (χ3n) is 3.00. The maximum atomic E-state index is 13.9. The monoisotopic (exact) mass is 229 g/mol. The van der Waals surface area contributed by atoms with Crippen LogP contribution in [0.2, 0.25) is 0 Å². The smallest absolute Gasteiger partial charge is 0.133 e. The van der Waals surface area contributed by atoms with Crippen molar-refractivity contribution in [1.82, 2.24) is 0 Å². The lowest BCUT2D eigenvalue weighted by molar-refractivity contribution is 0.358. The first-order valence-electron chi connectivity index (χ1n) is 5.56. The SMILES string of the molecule is Nc1ccc(-c2cccc3c2OCC3)c(F)c1. The van der Waals surface area contributed by atoms with Crippen LogP contribution in [-0.4, -0.2) is 6.61 Å². The van der Waals surface area contributed by atoms with Gasteiger partial charge in [0.15, 0.2) is 0 Å². The van der Waals surface area contributed by atoms with Crippen LogP contribution in [0.5, 0.6) is 5.75 Å². The molecule has 0 fully saturated rings. The van der Waals surface area contributed by atoms with Gasteiger partial charge in [0, 0.05) is 23.2 Å². The Kier molecular flexibility index (Phi) is 2.25. The molecule has 2 aromatic rings. The van der Waals surface area contributed by atoms with Gasteiger partial charge in [-0.15, -0.1) is 0 Å². The van der Waals surface area contributed by atoms with Crippen LogP contribution in [0.15, 0.2) is 36.4 Å². The Morgan fingerprint density at radius 3 is 2.82 bits per heavy atom. The average molecular weight is 229 g/mol. The van der Waals surface area contributed by atoms with Crippen LogP contribution in [0.1, 0.15) is 5.56 Å². The summed E-state index contributed by atoms with van der Waals surface area (Å²) in [6, 6.07) is 10.6. The Balaban J connectivity index is 2.19. The molecule has 3 rings (SSSR count). The van der Waals surface area contributed by atoms with Crippen LogP contribution in [0.25, 0.3) is 11.1 Å². The summed E-state index contributed by atoms with van der Waals surface area (Å²) >= 11 is 0. The van der Waals surface area contributed by atoms with E-state index in [9.17, 15) is 4.39 Å². The largest absolute Gasteiger partial charge is 0.492 e. The summed E-state index contributed by atoms with van der Waals surface area (Å²) in [4.78, 5) is 0. The van der Waals surface area contributed by atoms with Gasteiger partial charge in [-0.25, -0.2) is 4.39 Å². The van der Waals surface area contributed by atoms with E-state index in [4.69, 9.17) is 10.5 Å². The van der Waals surface area contributed by atoms with Gasteiger partial charge in [0.05, 0.1) is 6.61 Å². The maximum absolute atomic E-state index is 13.9. The molecule has 86 valence electrons. The summed E-state index contributed by atoms with van der Waals surface area (Å²) in [6.45, 7) is 0.670. The second kappa shape index (κ2) is 3.77. The molecule has 0 unspecified atom stereocenters. The Labute approximate surface area is 98.8 Å². The van der Waals surface area contributed by atoms with Crippen molar-refractivity contribution < 1.29 is 9.13 Å². The molecule has 2 N–H and O–H groups in total. The number of hydrogen-bond donors (Lipinski definition) is 1. The van der Waals surface area contributed by atoms with E-state index in [1.807, 2.05) is 18.2 Å². The van der Waals surface area contributed by atoms with E-state index in [0.717, 1.165) is 23.3 Å². The number of para-hydroxylation sites is 1. The maximum Gasteiger partial charge on any atom is 0.133 e. The first-order valence-corrected chi connectivity index (χ1v) is 5.56.